The SMILES string of the molecule is CCCCC#Cc1cc(=O)[nH]c(=O)n1[C@@H]1O[C@H](CO)[C@H]2OC(C)(C)O[C@H]21. The first-order valence-corrected chi connectivity index (χ1v) is 8.83. The Labute approximate surface area is 151 Å². The molecule has 8 nitrogen and oxygen atoms in total. The fraction of sp³-hybridized carbons (Fsp3) is 0.667. The molecule has 26 heavy (non-hydrogen) atoms. The van der Waals surface area contributed by atoms with E-state index >= 15 is 0 Å². The van der Waals surface area contributed by atoms with Gasteiger partial charge in [0, 0.05) is 12.5 Å². The lowest BCUT2D eigenvalue weighted by Crippen LogP contribution is -2.39. The molecule has 0 aromatic carbocycles. The Morgan fingerprint density at radius 2 is 2.04 bits per heavy atom. The summed E-state index contributed by atoms with van der Waals surface area (Å²) in [5.41, 5.74) is -0.901. The van der Waals surface area contributed by atoms with Crippen LogP contribution < -0.4 is 11.2 Å². The van der Waals surface area contributed by atoms with Crippen LogP contribution in [0.2, 0.25) is 0 Å². The highest BCUT2D eigenvalue weighted by Crippen LogP contribution is 2.42. The number of nitrogens with one attached hydrogen (secondary N) is 1. The third-order valence-electron chi connectivity index (χ3n) is 4.41. The third-order valence-corrected chi connectivity index (χ3v) is 4.41. The molecule has 3 heterocycles. The Balaban J connectivity index is 2.01. The molecule has 2 fully saturated rings. The zero-order valence-electron chi connectivity index (χ0n) is 15.2. The van der Waals surface area contributed by atoms with Gasteiger partial charge in [-0.2, -0.15) is 0 Å². The third kappa shape index (κ3) is 3.62. The van der Waals surface area contributed by atoms with Gasteiger partial charge < -0.3 is 19.3 Å². The first-order valence-electron chi connectivity index (χ1n) is 8.83. The molecule has 2 aliphatic heterocycles. The highest BCUT2D eigenvalue weighted by atomic mass is 16.8. The predicted molar refractivity (Wildman–Crippen MR) is 92.5 cm³/mol. The van der Waals surface area contributed by atoms with Crippen molar-refractivity contribution in [2.45, 2.75) is 70.4 Å². The van der Waals surface area contributed by atoms with Crippen LogP contribution in [-0.4, -0.2) is 45.4 Å². The molecular weight excluding hydrogens is 340 g/mol. The Bertz CT molecular complexity index is 831. The zero-order valence-corrected chi connectivity index (χ0v) is 15.2. The monoisotopic (exact) mass is 364 g/mol. The highest BCUT2D eigenvalue weighted by molar-refractivity contribution is 5.27. The van der Waals surface area contributed by atoms with Crippen molar-refractivity contribution in [2.75, 3.05) is 6.61 Å². The maximum atomic E-state index is 12.5. The van der Waals surface area contributed by atoms with Crippen molar-refractivity contribution in [1.29, 1.82) is 0 Å². The van der Waals surface area contributed by atoms with E-state index in [1.54, 1.807) is 13.8 Å². The van der Waals surface area contributed by atoms with Crippen LogP contribution in [0.15, 0.2) is 15.7 Å². The van der Waals surface area contributed by atoms with E-state index in [1.807, 2.05) is 0 Å². The normalized spacial score (nSPS) is 29.2. The van der Waals surface area contributed by atoms with E-state index in [9.17, 15) is 14.7 Å². The van der Waals surface area contributed by atoms with E-state index in [0.717, 1.165) is 12.8 Å². The summed E-state index contributed by atoms with van der Waals surface area (Å²) in [6, 6.07) is 1.27. The molecule has 0 spiro atoms. The van der Waals surface area contributed by atoms with Crippen molar-refractivity contribution in [3.05, 3.63) is 32.6 Å². The molecule has 0 radical (unpaired) electrons. The summed E-state index contributed by atoms with van der Waals surface area (Å²) in [7, 11) is 0. The number of nitrogens with zero attached hydrogens (tertiary/aromatic N) is 1. The van der Waals surface area contributed by atoms with Gasteiger partial charge in [-0.05, 0) is 26.2 Å². The summed E-state index contributed by atoms with van der Waals surface area (Å²) in [6.07, 6.45) is 0.0149. The number of rotatable bonds is 4. The average molecular weight is 364 g/mol. The van der Waals surface area contributed by atoms with Gasteiger partial charge in [0.1, 0.15) is 24.0 Å². The Morgan fingerprint density at radius 1 is 1.31 bits per heavy atom. The molecule has 1 aromatic heterocycles. The van der Waals surface area contributed by atoms with Crippen LogP contribution in [0.25, 0.3) is 0 Å². The van der Waals surface area contributed by atoms with Crippen LogP contribution >= 0.6 is 0 Å². The number of aliphatic hydroxyl groups excluding tert-OH is 1. The van der Waals surface area contributed by atoms with Gasteiger partial charge >= 0.3 is 5.69 Å². The van der Waals surface area contributed by atoms with Gasteiger partial charge in [0.25, 0.3) is 5.56 Å². The topological polar surface area (TPSA) is 103 Å². The second-order valence-corrected chi connectivity index (χ2v) is 6.91. The molecule has 0 bridgehead atoms. The number of unbranched alkanes of at least 4 members (excludes halogenated alkanes) is 2. The molecule has 3 rings (SSSR count). The van der Waals surface area contributed by atoms with Crippen molar-refractivity contribution in [2.24, 2.45) is 0 Å². The smallest absolute Gasteiger partial charge is 0.331 e. The number of aliphatic hydroxyl groups is 1. The van der Waals surface area contributed by atoms with Crippen molar-refractivity contribution in [3.8, 4) is 11.8 Å². The molecule has 2 aliphatic rings. The first kappa shape index (κ1) is 18.9. The Hall–Kier alpha value is -1.92. The van der Waals surface area contributed by atoms with Crippen LogP contribution in [0.4, 0.5) is 0 Å². The number of aromatic amines is 1. The van der Waals surface area contributed by atoms with E-state index in [2.05, 4.69) is 23.7 Å². The minimum Gasteiger partial charge on any atom is -0.394 e. The van der Waals surface area contributed by atoms with Crippen molar-refractivity contribution >= 4 is 0 Å². The molecule has 1 aromatic rings. The van der Waals surface area contributed by atoms with Gasteiger partial charge in [0.05, 0.1) is 6.61 Å². The van der Waals surface area contributed by atoms with Crippen LogP contribution in [0.5, 0.6) is 0 Å². The maximum absolute atomic E-state index is 12.5. The average Bonchev–Trinajstić information content (AvgIpc) is 3.04. The molecule has 4 atom stereocenters. The van der Waals surface area contributed by atoms with Gasteiger partial charge in [0.2, 0.25) is 0 Å². The van der Waals surface area contributed by atoms with E-state index < -0.39 is 41.6 Å². The van der Waals surface area contributed by atoms with Gasteiger partial charge in [-0.15, -0.1) is 0 Å². The highest BCUT2D eigenvalue weighted by Gasteiger charge is 2.56. The van der Waals surface area contributed by atoms with Crippen LogP contribution in [-0.2, 0) is 14.2 Å². The van der Waals surface area contributed by atoms with E-state index in [4.69, 9.17) is 14.2 Å². The number of hydrogen-bond donors (Lipinski definition) is 2. The molecule has 2 saturated heterocycles. The summed E-state index contributed by atoms with van der Waals surface area (Å²) in [6.45, 7) is 5.31. The summed E-state index contributed by atoms with van der Waals surface area (Å²) >= 11 is 0. The van der Waals surface area contributed by atoms with Gasteiger partial charge in [0.15, 0.2) is 12.0 Å². The second-order valence-electron chi connectivity index (χ2n) is 6.91. The summed E-state index contributed by atoms with van der Waals surface area (Å²) in [5.74, 6) is 5.02. The standard InChI is InChI=1S/C18H24N2O6/c1-4-5-6-7-8-11-9-13(22)19-17(23)20(11)16-15-14(12(10-21)24-16)25-18(2,3)26-15/h9,12,14-16,21H,4-6,10H2,1-3H3,(H,19,22,23)/t12-,14-,15-,16-/m1/s1. The van der Waals surface area contributed by atoms with Crippen molar-refractivity contribution in [1.82, 2.24) is 9.55 Å². The fourth-order valence-corrected chi connectivity index (χ4v) is 3.29. The molecule has 8 heteroatoms. The number of fused-ring (bicyclic) bond motifs is 1. The molecule has 0 aliphatic carbocycles. The minimum absolute atomic E-state index is 0.255. The number of hydrogen-bond acceptors (Lipinski definition) is 6. The summed E-state index contributed by atoms with van der Waals surface area (Å²) in [5, 5.41) is 9.60. The number of H-pyrrole nitrogens is 1. The summed E-state index contributed by atoms with van der Waals surface area (Å²) < 4.78 is 18.8. The van der Waals surface area contributed by atoms with Crippen LogP contribution in [0.1, 0.15) is 52.0 Å². The molecular formula is C18H24N2O6. The molecule has 0 unspecified atom stereocenters. The molecule has 0 amide bonds. The second kappa shape index (κ2) is 7.37. The minimum atomic E-state index is -0.858. The van der Waals surface area contributed by atoms with E-state index in [1.165, 1.54) is 10.6 Å². The Kier molecular flexibility index (Phi) is 5.34. The fourth-order valence-electron chi connectivity index (χ4n) is 3.29. The molecule has 2 N–H and O–H groups in total. The zero-order chi connectivity index (χ0) is 18.9. The number of ether oxygens (including phenoxy) is 3. The van der Waals surface area contributed by atoms with Crippen molar-refractivity contribution in [3.63, 3.8) is 0 Å². The lowest BCUT2D eigenvalue weighted by molar-refractivity contribution is -0.200. The van der Waals surface area contributed by atoms with Gasteiger partial charge in [-0.25, -0.2) is 4.79 Å². The van der Waals surface area contributed by atoms with Gasteiger partial charge in [-0.1, -0.05) is 19.3 Å². The van der Waals surface area contributed by atoms with Crippen molar-refractivity contribution < 1.29 is 19.3 Å². The Morgan fingerprint density at radius 3 is 2.73 bits per heavy atom. The largest absolute Gasteiger partial charge is 0.394 e. The molecule has 0 saturated carbocycles. The first-order chi connectivity index (χ1) is 12.4. The van der Waals surface area contributed by atoms with Gasteiger partial charge in [-0.3, -0.25) is 14.3 Å². The summed E-state index contributed by atoms with van der Waals surface area (Å²) in [4.78, 5) is 26.5. The lowest BCUT2D eigenvalue weighted by Gasteiger charge is -2.25. The molecule has 142 valence electrons. The van der Waals surface area contributed by atoms with E-state index in [-0.39, 0.29) is 12.3 Å². The van der Waals surface area contributed by atoms with Crippen LogP contribution in [0.3, 0.4) is 0 Å². The van der Waals surface area contributed by atoms with E-state index in [0.29, 0.717) is 6.42 Å². The maximum Gasteiger partial charge on any atom is 0.331 e. The predicted octanol–water partition coefficient (Wildman–Crippen LogP) is 0.488. The number of aromatic nitrogens is 2. The quantitative estimate of drug-likeness (QED) is 0.595. The van der Waals surface area contributed by atoms with Crippen LogP contribution in [0, 0.1) is 11.8 Å². The lowest BCUT2D eigenvalue weighted by atomic mass is 10.1.